The van der Waals surface area contributed by atoms with Crippen molar-refractivity contribution < 1.29 is 0 Å². The summed E-state index contributed by atoms with van der Waals surface area (Å²) in [6, 6.07) is 0.281. The Hall–Kier alpha value is -1.62. The van der Waals surface area contributed by atoms with Gasteiger partial charge in [0.25, 0.3) is 0 Å². The van der Waals surface area contributed by atoms with Crippen molar-refractivity contribution in [3.8, 4) is 0 Å². The van der Waals surface area contributed by atoms with E-state index in [4.69, 9.17) is 0 Å². The second kappa shape index (κ2) is 4.27. The molecule has 80 valence electrons. The molecule has 0 spiro atoms. The van der Waals surface area contributed by atoms with Crippen LogP contribution in [-0.2, 0) is 13.6 Å². The molecule has 2 N–H and O–H groups in total. The summed E-state index contributed by atoms with van der Waals surface area (Å²) >= 11 is 0. The summed E-state index contributed by atoms with van der Waals surface area (Å²) in [4.78, 5) is 7.20. The molecule has 5 heteroatoms. The van der Waals surface area contributed by atoms with Crippen LogP contribution < -0.4 is 5.32 Å². The molecule has 0 radical (unpaired) electrons. The van der Waals surface area contributed by atoms with Crippen molar-refractivity contribution in [3.05, 3.63) is 36.2 Å². The van der Waals surface area contributed by atoms with Crippen molar-refractivity contribution >= 4 is 0 Å². The molecule has 1 unspecified atom stereocenters. The fraction of sp³-hybridized carbons (Fsp3) is 0.400. The molecule has 2 aromatic rings. The third kappa shape index (κ3) is 2.44. The molecule has 0 aliphatic rings. The molecular weight excluding hydrogens is 190 g/mol. The average Bonchev–Trinajstić information content (AvgIpc) is 2.84. The van der Waals surface area contributed by atoms with Gasteiger partial charge in [-0.2, -0.15) is 5.10 Å². The molecule has 5 nitrogen and oxygen atoms in total. The van der Waals surface area contributed by atoms with Crippen molar-refractivity contribution in [3.63, 3.8) is 0 Å². The van der Waals surface area contributed by atoms with Gasteiger partial charge in [0.1, 0.15) is 5.82 Å². The Bertz CT molecular complexity index is 403. The van der Waals surface area contributed by atoms with Gasteiger partial charge in [-0.15, -0.1) is 0 Å². The Morgan fingerprint density at radius 3 is 3.07 bits per heavy atom. The van der Waals surface area contributed by atoms with E-state index in [1.54, 1.807) is 10.9 Å². The number of H-pyrrole nitrogens is 1. The van der Waals surface area contributed by atoms with Crippen LogP contribution in [-0.4, -0.2) is 19.7 Å². The lowest BCUT2D eigenvalue weighted by molar-refractivity contribution is 0.561. The Labute approximate surface area is 88.5 Å². The quantitative estimate of drug-likeness (QED) is 0.782. The normalized spacial score (nSPS) is 12.9. The van der Waals surface area contributed by atoms with Gasteiger partial charge in [0, 0.05) is 37.2 Å². The number of rotatable bonds is 4. The molecule has 0 amide bonds. The Morgan fingerprint density at radius 1 is 1.60 bits per heavy atom. The first kappa shape index (κ1) is 9.92. The topological polar surface area (TPSA) is 58.5 Å². The van der Waals surface area contributed by atoms with E-state index in [9.17, 15) is 0 Å². The zero-order valence-electron chi connectivity index (χ0n) is 8.94. The maximum Gasteiger partial charge on any atom is 0.120 e. The highest BCUT2D eigenvalue weighted by Gasteiger charge is 2.06. The molecule has 1 atom stereocenters. The minimum Gasteiger partial charge on any atom is -0.348 e. The van der Waals surface area contributed by atoms with Crippen LogP contribution in [0, 0.1) is 0 Å². The van der Waals surface area contributed by atoms with Crippen LogP contribution in [0.3, 0.4) is 0 Å². The van der Waals surface area contributed by atoms with Crippen LogP contribution in [0.1, 0.15) is 24.4 Å². The first-order chi connectivity index (χ1) is 7.25. The first-order valence-corrected chi connectivity index (χ1v) is 4.96. The van der Waals surface area contributed by atoms with Gasteiger partial charge >= 0.3 is 0 Å². The van der Waals surface area contributed by atoms with Crippen LogP contribution in [0.4, 0.5) is 0 Å². The van der Waals surface area contributed by atoms with Crippen molar-refractivity contribution in [1.82, 2.24) is 25.1 Å². The summed E-state index contributed by atoms with van der Waals surface area (Å²) in [5, 5.41) is 7.50. The van der Waals surface area contributed by atoms with Gasteiger partial charge in [-0.3, -0.25) is 4.68 Å². The highest BCUT2D eigenvalue weighted by Crippen LogP contribution is 2.10. The molecule has 0 aliphatic carbocycles. The fourth-order valence-corrected chi connectivity index (χ4v) is 1.43. The fourth-order valence-electron chi connectivity index (χ4n) is 1.43. The van der Waals surface area contributed by atoms with Gasteiger partial charge < -0.3 is 10.3 Å². The van der Waals surface area contributed by atoms with Crippen molar-refractivity contribution in [2.75, 3.05) is 0 Å². The van der Waals surface area contributed by atoms with Crippen molar-refractivity contribution in [2.45, 2.75) is 19.5 Å². The monoisotopic (exact) mass is 205 g/mol. The maximum absolute atomic E-state index is 4.15. The second-order valence-corrected chi connectivity index (χ2v) is 3.59. The largest absolute Gasteiger partial charge is 0.348 e. The molecule has 0 saturated heterocycles. The molecule has 0 saturated carbocycles. The number of aryl methyl sites for hydroxylation is 1. The predicted molar refractivity (Wildman–Crippen MR) is 57.1 cm³/mol. The SMILES string of the molecule is CC(NCc1ncc[nH]1)c1cnn(C)c1. The summed E-state index contributed by atoms with van der Waals surface area (Å²) in [7, 11) is 1.92. The minimum atomic E-state index is 0.281. The maximum atomic E-state index is 4.15. The van der Waals surface area contributed by atoms with E-state index >= 15 is 0 Å². The van der Waals surface area contributed by atoms with E-state index in [0.29, 0.717) is 0 Å². The Kier molecular flexibility index (Phi) is 2.82. The molecule has 2 heterocycles. The smallest absolute Gasteiger partial charge is 0.120 e. The Morgan fingerprint density at radius 2 is 2.47 bits per heavy atom. The van der Waals surface area contributed by atoms with Crippen LogP contribution in [0.2, 0.25) is 0 Å². The number of aromatic nitrogens is 4. The van der Waals surface area contributed by atoms with E-state index in [1.165, 1.54) is 5.56 Å². The molecule has 0 aromatic carbocycles. The van der Waals surface area contributed by atoms with E-state index in [2.05, 4.69) is 27.3 Å². The van der Waals surface area contributed by atoms with Gasteiger partial charge in [-0.1, -0.05) is 0 Å². The summed E-state index contributed by atoms with van der Waals surface area (Å²) in [5.41, 5.74) is 1.18. The molecule has 2 aromatic heterocycles. The lowest BCUT2D eigenvalue weighted by atomic mass is 10.2. The van der Waals surface area contributed by atoms with Crippen LogP contribution >= 0.6 is 0 Å². The number of aromatic amines is 1. The lowest BCUT2D eigenvalue weighted by Crippen LogP contribution is -2.18. The molecule has 0 fully saturated rings. The third-order valence-electron chi connectivity index (χ3n) is 2.36. The van der Waals surface area contributed by atoms with Crippen molar-refractivity contribution in [1.29, 1.82) is 0 Å². The predicted octanol–water partition coefficient (Wildman–Crippen LogP) is 0.994. The molecule has 2 rings (SSSR count). The minimum absolute atomic E-state index is 0.281. The molecule has 0 aliphatic heterocycles. The standard InChI is InChI=1S/C10H15N5/c1-8(9-5-14-15(2)7-9)13-6-10-11-3-4-12-10/h3-5,7-8,13H,6H2,1-2H3,(H,11,12). The second-order valence-electron chi connectivity index (χ2n) is 3.59. The summed E-state index contributed by atoms with van der Waals surface area (Å²) < 4.78 is 1.81. The van der Waals surface area contributed by atoms with Gasteiger partial charge in [-0.05, 0) is 6.92 Å². The average molecular weight is 205 g/mol. The van der Waals surface area contributed by atoms with E-state index in [1.807, 2.05) is 25.6 Å². The number of hydrogen-bond acceptors (Lipinski definition) is 3. The van der Waals surface area contributed by atoms with Crippen LogP contribution in [0.25, 0.3) is 0 Å². The number of imidazole rings is 1. The summed E-state index contributed by atoms with van der Waals surface area (Å²) in [6.07, 6.45) is 7.47. The molecule has 15 heavy (non-hydrogen) atoms. The summed E-state index contributed by atoms with van der Waals surface area (Å²) in [6.45, 7) is 2.85. The number of nitrogens with zero attached hydrogens (tertiary/aromatic N) is 3. The van der Waals surface area contributed by atoms with Crippen LogP contribution in [0.15, 0.2) is 24.8 Å². The van der Waals surface area contributed by atoms with E-state index in [0.717, 1.165) is 12.4 Å². The van der Waals surface area contributed by atoms with Gasteiger partial charge in [0.15, 0.2) is 0 Å². The lowest BCUT2D eigenvalue weighted by Gasteiger charge is -2.10. The number of hydrogen-bond donors (Lipinski definition) is 2. The van der Waals surface area contributed by atoms with Gasteiger partial charge in [-0.25, -0.2) is 4.98 Å². The highest BCUT2D eigenvalue weighted by atomic mass is 15.2. The van der Waals surface area contributed by atoms with Gasteiger partial charge in [0.2, 0.25) is 0 Å². The van der Waals surface area contributed by atoms with Crippen molar-refractivity contribution in [2.24, 2.45) is 7.05 Å². The van der Waals surface area contributed by atoms with Gasteiger partial charge in [0.05, 0.1) is 12.7 Å². The zero-order valence-corrected chi connectivity index (χ0v) is 8.94. The Balaban J connectivity index is 1.90. The van der Waals surface area contributed by atoms with Crippen LogP contribution in [0.5, 0.6) is 0 Å². The molecular formula is C10H15N5. The van der Waals surface area contributed by atoms with E-state index < -0.39 is 0 Å². The first-order valence-electron chi connectivity index (χ1n) is 4.96. The molecule has 0 bridgehead atoms. The van der Waals surface area contributed by atoms with E-state index in [-0.39, 0.29) is 6.04 Å². The highest BCUT2D eigenvalue weighted by molar-refractivity contribution is 5.09. The third-order valence-corrected chi connectivity index (χ3v) is 2.36. The summed E-state index contributed by atoms with van der Waals surface area (Å²) in [5.74, 6) is 0.950. The zero-order chi connectivity index (χ0) is 10.7. The number of nitrogens with one attached hydrogen (secondary N) is 2.